The summed E-state index contributed by atoms with van der Waals surface area (Å²) in [5.74, 6) is -0.995. The van der Waals surface area contributed by atoms with Crippen LogP contribution in [0.25, 0.3) is 0 Å². The van der Waals surface area contributed by atoms with E-state index in [1.165, 1.54) is 0 Å². The smallest absolute Gasteiger partial charge is 0.332 e. The van der Waals surface area contributed by atoms with Crippen LogP contribution in [0.15, 0.2) is 0 Å². The molecule has 0 radical (unpaired) electrons. The van der Waals surface area contributed by atoms with Crippen LogP contribution in [0.4, 0.5) is 0 Å². The fourth-order valence-electron chi connectivity index (χ4n) is 2.58. The van der Waals surface area contributed by atoms with Gasteiger partial charge in [-0.3, -0.25) is 4.79 Å². The van der Waals surface area contributed by atoms with E-state index in [0.717, 1.165) is 38.9 Å². The molecule has 6 nitrogen and oxygen atoms in total. The molecule has 0 aromatic rings. The summed E-state index contributed by atoms with van der Waals surface area (Å²) < 4.78 is 4.79. The van der Waals surface area contributed by atoms with Gasteiger partial charge in [0.25, 0.3) is 5.91 Å². The second kappa shape index (κ2) is 8.21. The minimum Gasteiger partial charge on any atom is -0.464 e. The van der Waals surface area contributed by atoms with E-state index in [-0.39, 0.29) is 18.6 Å². The number of nitrogens with zero attached hydrogens (tertiary/aromatic N) is 2. The number of ether oxygens (including phenoxy) is 1. The van der Waals surface area contributed by atoms with Gasteiger partial charge in [-0.2, -0.15) is 0 Å². The molecule has 1 fully saturated rings. The number of likely N-dealkylation sites (N-methyl/N-ethyl adjacent to an activating group) is 1. The molecule has 1 rings (SSSR count). The third-order valence-corrected chi connectivity index (χ3v) is 3.80. The van der Waals surface area contributed by atoms with Crippen LogP contribution in [-0.4, -0.2) is 67.0 Å². The van der Waals surface area contributed by atoms with Gasteiger partial charge in [-0.15, -0.1) is 0 Å². The number of hydrogen-bond donors (Lipinski definition) is 1. The lowest BCUT2D eigenvalue weighted by Crippen LogP contribution is -2.53. The third kappa shape index (κ3) is 4.45. The lowest BCUT2D eigenvalue weighted by atomic mass is 10.0. The number of piperidine rings is 1. The van der Waals surface area contributed by atoms with E-state index in [4.69, 9.17) is 10.5 Å². The van der Waals surface area contributed by atoms with Crippen LogP contribution >= 0.6 is 0 Å². The van der Waals surface area contributed by atoms with E-state index in [2.05, 4.69) is 11.8 Å². The van der Waals surface area contributed by atoms with Crippen LogP contribution in [-0.2, 0) is 14.3 Å². The monoisotopic (exact) mass is 285 g/mol. The minimum absolute atomic E-state index is 0.163. The Morgan fingerprint density at radius 3 is 2.45 bits per heavy atom. The molecule has 1 amide bonds. The highest BCUT2D eigenvalue weighted by Gasteiger charge is 2.31. The lowest BCUT2D eigenvalue weighted by molar-refractivity contribution is -0.151. The molecule has 1 atom stereocenters. The SMILES string of the molecule is CCCN1CCC(N(C)C(=O)C(N)C(=O)OCC)CC1. The maximum absolute atomic E-state index is 12.2. The second-order valence-electron chi connectivity index (χ2n) is 5.25. The van der Waals surface area contributed by atoms with Gasteiger partial charge in [-0.05, 0) is 32.7 Å². The number of carbonyl (C=O) groups excluding carboxylic acids is 2. The van der Waals surface area contributed by atoms with Crippen LogP contribution in [0.3, 0.4) is 0 Å². The average molecular weight is 285 g/mol. The van der Waals surface area contributed by atoms with Crippen molar-refractivity contribution in [2.75, 3.05) is 33.3 Å². The molecule has 0 aliphatic carbocycles. The second-order valence-corrected chi connectivity index (χ2v) is 5.25. The Kier molecular flexibility index (Phi) is 6.95. The van der Waals surface area contributed by atoms with Gasteiger partial charge in [0, 0.05) is 26.2 Å². The average Bonchev–Trinajstić information content (AvgIpc) is 2.46. The molecule has 0 aromatic heterocycles. The Labute approximate surface area is 121 Å². The summed E-state index contributed by atoms with van der Waals surface area (Å²) in [6.45, 7) is 7.18. The number of nitrogens with two attached hydrogens (primary N) is 1. The Morgan fingerprint density at radius 2 is 1.95 bits per heavy atom. The molecule has 6 heteroatoms. The van der Waals surface area contributed by atoms with Gasteiger partial charge in [0.15, 0.2) is 6.04 Å². The number of amides is 1. The molecular formula is C14H27N3O3. The molecule has 116 valence electrons. The van der Waals surface area contributed by atoms with Crippen molar-refractivity contribution in [2.45, 2.75) is 45.2 Å². The van der Waals surface area contributed by atoms with Crippen molar-refractivity contribution in [3.8, 4) is 0 Å². The molecule has 1 aliphatic heterocycles. The van der Waals surface area contributed by atoms with Crippen molar-refractivity contribution in [1.29, 1.82) is 0 Å². The molecule has 1 heterocycles. The number of esters is 1. The van der Waals surface area contributed by atoms with Gasteiger partial charge >= 0.3 is 5.97 Å². The van der Waals surface area contributed by atoms with Crippen molar-refractivity contribution in [2.24, 2.45) is 5.73 Å². The van der Waals surface area contributed by atoms with E-state index >= 15 is 0 Å². The summed E-state index contributed by atoms with van der Waals surface area (Å²) in [5.41, 5.74) is 5.65. The predicted octanol–water partition coefficient (Wildman–Crippen LogP) is 0.210. The van der Waals surface area contributed by atoms with Gasteiger partial charge in [0.05, 0.1) is 6.61 Å². The molecule has 1 unspecified atom stereocenters. The molecular weight excluding hydrogens is 258 g/mol. The highest BCUT2D eigenvalue weighted by molar-refractivity contribution is 6.01. The van der Waals surface area contributed by atoms with Gasteiger partial charge in [0.2, 0.25) is 0 Å². The minimum atomic E-state index is -1.20. The maximum atomic E-state index is 12.2. The van der Waals surface area contributed by atoms with Crippen LogP contribution in [0.5, 0.6) is 0 Å². The van der Waals surface area contributed by atoms with Crippen LogP contribution in [0, 0.1) is 0 Å². The maximum Gasteiger partial charge on any atom is 0.332 e. The molecule has 20 heavy (non-hydrogen) atoms. The standard InChI is InChI=1S/C14H27N3O3/c1-4-8-17-9-6-11(7-10-17)16(3)13(18)12(15)14(19)20-5-2/h11-12H,4-10,15H2,1-3H3. The van der Waals surface area contributed by atoms with E-state index in [1.54, 1.807) is 18.9 Å². The molecule has 0 bridgehead atoms. The van der Waals surface area contributed by atoms with Crippen molar-refractivity contribution in [3.63, 3.8) is 0 Å². The van der Waals surface area contributed by atoms with Crippen molar-refractivity contribution >= 4 is 11.9 Å². The zero-order chi connectivity index (χ0) is 15.1. The number of rotatable bonds is 6. The number of likely N-dealkylation sites (tertiary alicyclic amines) is 1. The summed E-state index contributed by atoms with van der Waals surface area (Å²) in [5, 5.41) is 0. The van der Waals surface area contributed by atoms with Gasteiger partial charge < -0.3 is 20.3 Å². The van der Waals surface area contributed by atoms with E-state index < -0.39 is 12.0 Å². The fraction of sp³-hybridized carbons (Fsp3) is 0.857. The molecule has 0 spiro atoms. The van der Waals surface area contributed by atoms with Crippen molar-refractivity contribution in [1.82, 2.24) is 9.80 Å². The molecule has 1 aliphatic rings. The molecule has 0 saturated carbocycles. The third-order valence-electron chi connectivity index (χ3n) is 3.80. The van der Waals surface area contributed by atoms with Crippen LogP contribution < -0.4 is 5.73 Å². The quantitative estimate of drug-likeness (QED) is 0.558. The van der Waals surface area contributed by atoms with E-state index in [9.17, 15) is 9.59 Å². The normalized spacial score (nSPS) is 18.6. The first-order chi connectivity index (χ1) is 9.51. The molecule has 2 N–H and O–H groups in total. The molecule has 1 saturated heterocycles. The largest absolute Gasteiger partial charge is 0.464 e. The predicted molar refractivity (Wildman–Crippen MR) is 77.1 cm³/mol. The zero-order valence-corrected chi connectivity index (χ0v) is 12.8. The van der Waals surface area contributed by atoms with Crippen LogP contribution in [0.1, 0.15) is 33.1 Å². The molecule has 0 aromatic carbocycles. The van der Waals surface area contributed by atoms with Crippen LogP contribution in [0.2, 0.25) is 0 Å². The summed E-state index contributed by atoms with van der Waals surface area (Å²) in [4.78, 5) is 27.7. The first-order valence-corrected chi connectivity index (χ1v) is 7.42. The highest BCUT2D eigenvalue weighted by Crippen LogP contribution is 2.16. The Bertz CT molecular complexity index is 328. The Hall–Kier alpha value is -1.14. The Morgan fingerprint density at radius 1 is 1.35 bits per heavy atom. The number of carbonyl (C=O) groups is 2. The van der Waals surface area contributed by atoms with E-state index in [1.807, 2.05) is 0 Å². The number of hydrogen-bond acceptors (Lipinski definition) is 5. The topological polar surface area (TPSA) is 75.9 Å². The summed E-state index contributed by atoms with van der Waals surface area (Å²) in [7, 11) is 1.72. The van der Waals surface area contributed by atoms with Crippen molar-refractivity contribution < 1.29 is 14.3 Å². The summed E-state index contributed by atoms with van der Waals surface area (Å²) in [6.07, 6.45) is 3.00. The van der Waals surface area contributed by atoms with Gasteiger partial charge in [-0.1, -0.05) is 6.92 Å². The lowest BCUT2D eigenvalue weighted by Gasteiger charge is -2.37. The van der Waals surface area contributed by atoms with E-state index in [0.29, 0.717) is 0 Å². The fourth-order valence-corrected chi connectivity index (χ4v) is 2.58. The van der Waals surface area contributed by atoms with Gasteiger partial charge in [0.1, 0.15) is 0 Å². The summed E-state index contributed by atoms with van der Waals surface area (Å²) >= 11 is 0. The zero-order valence-electron chi connectivity index (χ0n) is 12.8. The first kappa shape index (κ1) is 16.9. The first-order valence-electron chi connectivity index (χ1n) is 7.42. The van der Waals surface area contributed by atoms with Crippen molar-refractivity contribution in [3.05, 3.63) is 0 Å². The highest BCUT2D eigenvalue weighted by atomic mass is 16.5. The summed E-state index contributed by atoms with van der Waals surface area (Å²) in [6, 6.07) is -1.04. The Balaban J connectivity index is 2.47. The van der Waals surface area contributed by atoms with Gasteiger partial charge in [-0.25, -0.2) is 4.79 Å².